The third-order valence-electron chi connectivity index (χ3n) is 6.25. The fourth-order valence-corrected chi connectivity index (χ4v) is 6.33. The summed E-state index contributed by atoms with van der Waals surface area (Å²) in [7, 11) is -3.56. The van der Waals surface area contributed by atoms with E-state index in [9.17, 15) is 13.2 Å². The van der Waals surface area contributed by atoms with Gasteiger partial charge in [-0.1, -0.05) is 44.2 Å². The molecule has 2 aliphatic heterocycles. The second-order valence-corrected chi connectivity index (χ2v) is 10.9. The molecule has 2 aromatic rings. The molecule has 162 valence electrons. The molecule has 6 nitrogen and oxygen atoms in total. The number of likely N-dealkylation sites (tertiary alicyclic amines) is 1. The Morgan fingerprint density at radius 3 is 2.23 bits per heavy atom. The Kier molecular flexibility index (Phi) is 6.14. The van der Waals surface area contributed by atoms with E-state index in [1.54, 1.807) is 12.1 Å². The first-order chi connectivity index (χ1) is 14.3. The molecular weight excluding hydrogens is 398 g/mol. The molecule has 0 aromatic heterocycles. The van der Waals surface area contributed by atoms with Crippen LogP contribution in [0.2, 0.25) is 0 Å². The van der Waals surface area contributed by atoms with Crippen molar-refractivity contribution < 1.29 is 13.2 Å². The van der Waals surface area contributed by atoms with Crippen molar-refractivity contribution >= 4 is 26.7 Å². The van der Waals surface area contributed by atoms with Gasteiger partial charge in [-0.25, -0.2) is 8.42 Å². The molecule has 0 radical (unpaired) electrons. The maximum absolute atomic E-state index is 13.1. The van der Waals surface area contributed by atoms with Crippen molar-refractivity contribution in [2.45, 2.75) is 25.2 Å². The maximum atomic E-state index is 13.1. The smallest absolute Gasteiger partial charge is 0.243 e. The molecule has 0 bridgehead atoms. The van der Waals surface area contributed by atoms with Crippen LogP contribution in [0.3, 0.4) is 0 Å². The van der Waals surface area contributed by atoms with Crippen LogP contribution in [0.5, 0.6) is 0 Å². The quantitative estimate of drug-likeness (QED) is 0.750. The third kappa shape index (κ3) is 4.53. The lowest BCUT2D eigenvalue weighted by Crippen LogP contribution is -2.53. The average Bonchev–Trinajstić information content (AvgIpc) is 2.72. The van der Waals surface area contributed by atoms with Gasteiger partial charge in [0.15, 0.2) is 0 Å². The predicted octanol–water partition coefficient (Wildman–Crippen LogP) is 2.65. The van der Waals surface area contributed by atoms with E-state index in [2.05, 4.69) is 18.7 Å². The Bertz CT molecular complexity index is 1010. The first kappa shape index (κ1) is 21.3. The number of amides is 1. The van der Waals surface area contributed by atoms with Gasteiger partial charge in [0.1, 0.15) is 0 Å². The fourth-order valence-electron chi connectivity index (χ4n) is 4.87. The van der Waals surface area contributed by atoms with E-state index in [0.717, 1.165) is 23.9 Å². The van der Waals surface area contributed by atoms with Crippen LogP contribution >= 0.6 is 0 Å². The van der Waals surface area contributed by atoms with Crippen LogP contribution in [0.4, 0.5) is 0 Å². The molecular formula is C23H31N3O3S. The number of hydrogen-bond donors (Lipinski definition) is 0. The number of sulfonamides is 1. The fraction of sp³-hybridized carbons (Fsp3) is 0.522. The summed E-state index contributed by atoms with van der Waals surface area (Å²) in [5.74, 6) is 1.34. The average molecular weight is 430 g/mol. The number of carbonyl (C=O) groups is 1. The van der Waals surface area contributed by atoms with Gasteiger partial charge in [0.2, 0.25) is 15.9 Å². The van der Waals surface area contributed by atoms with Crippen LogP contribution in [-0.4, -0.2) is 74.2 Å². The number of rotatable bonds is 4. The lowest BCUT2D eigenvalue weighted by molar-refractivity contribution is -0.134. The zero-order chi connectivity index (χ0) is 21.3. The number of fused-ring (bicyclic) bond motifs is 1. The molecule has 0 aliphatic carbocycles. The second kappa shape index (κ2) is 8.65. The topological polar surface area (TPSA) is 60.9 Å². The van der Waals surface area contributed by atoms with Gasteiger partial charge in [-0.05, 0) is 41.2 Å². The standard InChI is InChI=1S/C23H31N3O3S/c1-18-13-19(2)16-24(15-18)17-23(27)25-9-11-26(12-10-25)30(28,29)22-8-7-20-5-3-4-6-21(20)14-22/h3-8,14,18-19H,9-13,15-17H2,1-2H3/t18-,19+. The largest absolute Gasteiger partial charge is 0.339 e. The third-order valence-corrected chi connectivity index (χ3v) is 8.15. The molecule has 2 atom stereocenters. The second-order valence-electron chi connectivity index (χ2n) is 8.93. The van der Waals surface area contributed by atoms with Crippen LogP contribution in [0.25, 0.3) is 10.8 Å². The van der Waals surface area contributed by atoms with Crippen LogP contribution in [-0.2, 0) is 14.8 Å². The summed E-state index contributed by atoms with van der Waals surface area (Å²) < 4.78 is 27.7. The molecule has 2 saturated heterocycles. The van der Waals surface area contributed by atoms with Crippen molar-refractivity contribution in [1.29, 1.82) is 0 Å². The van der Waals surface area contributed by atoms with Gasteiger partial charge in [-0.3, -0.25) is 9.69 Å². The number of hydrogen-bond acceptors (Lipinski definition) is 4. The number of benzene rings is 2. The van der Waals surface area contributed by atoms with E-state index in [0.29, 0.717) is 49.5 Å². The first-order valence-corrected chi connectivity index (χ1v) is 12.3. The van der Waals surface area contributed by atoms with E-state index in [4.69, 9.17) is 0 Å². The van der Waals surface area contributed by atoms with Gasteiger partial charge in [0.05, 0.1) is 11.4 Å². The maximum Gasteiger partial charge on any atom is 0.243 e. The highest BCUT2D eigenvalue weighted by atomic mass is 32.2. The lowest BCUT2D eigenvalue weighted by atomic mass is 9.92. The summed E-state index contributed by atoms with van der Waals surface area (Å²) >= 11 is 0. The van der Waals surface area contributed by atoms with Crippen molar-refractivity contribution in [3.05, 3.63) is 42.5 Å². The molecule has 2 fully saturated rings. The molecule has 2 heterocycles. The predicted molar refractivity (Wildman–Crippen MR) is 119 cm³/mol. The summed E-state index contributed by atoms with van der Waals surface area (Å²) in [5, 5.41) is 1.94. The Morgan fingerprint density at radius 2 is 1.57 bits per heavy atom. The van der Waals surface area contributed by atoms with Crippen LogP contribution < -0.4 is 0 Å². The molecule has 0 spiro atoms. The highest BCUT2D eigenvalue weighted by molar-refractivity contribution is 7.89. The van der Waals surface area contributed by atoms with E-state index in [1.807, 2.05) is 35.2 Å². The van der Waals surface area contributed by atoms with Gasteiger partial charge in [0, 0.05) is 39.3 Å². The number of nitrogens with zero attached hydrogens (tertiary/aromatic N) is 3. The van der Waals surface area contributed by atoms with E-state index < -0.39 is 10.0 Å². The van der Waals surface area contributed by atoms with E-state index >= 15 is 0 Å². The zero-order valence-corrected chi connectivity index (χ0v) is 18.6. The van der Waals surface area contributed by atoms with E-state index in [1.165, 1.54) is 10.7 Å². The van der Waals surface area contributed by atoms with Gasteiger partial charge >= 0.3 is 0 Å². The monoisotopic (exact) mass is 429 g/mol. The van der Waals surface area contributed by atoms with Crippen molar-refractivity contribution in [2.75, 3.05) is 45.8 Å². The Hall–Kier alpha value is -1.96. The van der Waals surface area contributed by atoms with Crippen LogP contribution in [0.15, 0.2) is 47.4 Å². The van der Waals surface area contributed by atoms with Crippen molar-refractivity contribution in [3.63, 3.8) is 0 Å². The van der Waals surface area contributed by atoms with Gasteiger partial charge in [-0.2, -0.15) is 4.31 Å². The summed E-state index contributed by atoms with van der Waals surface area (Å²) in [6, 6.07) is 13.0. The zero-order valence-electron chi connectivity index (χ0n) is 17.8. The van der Waals surface area contributed by atoms with Crippen LogP contribution in [0, 0.1) is 11.8 Å². The Labute approximate surface area is 179 Å². The molecule has 2 aromatic carbocycles. The van der Waals surface area contributed by atoms with Crippen molar-refractivity contribution in [2.24, 2.45) is 11.8 Å². The Morgan fingerprint density at radius 1 is 0.933 bits per heavy atom. The molecule has 7 heteroatoms. The number of carbonyl (C=O) groups excluding carboxylic acids is 1. The lowest BCUT2D eigenvalue weighted by Gasteiger charge is -2.38. The molecule has 30 heavy (non-hydrogen) atoms. The molecule has 0 N–H and O–H groups in total. The highest BCUT2D eigenvalue weighted by Crippen LogP contribution is 2.24. The minimum absolute atomic E-state index is 0.110. The summed E-state index contributed by atoms with van der Waals surface area (Å²) in [6.45, 7) is 8.43. The van der Waals surface area contributed by atoms with Crippen molar-refractivity contribution in [3.8, 4) is 0 Å². The van der Waals surface area contributed by atoms with Crippen molar-refractivity contribution in [1.82, 2.24) is 14.1 Å². The minimum atomic E-state index is -3.56. The summed E-state index contributed by atoms with van der Waals surface area (Å²) in [6.07, 6.45) is 1.22. The molecule has 2 aliphatic rings. The Balaban J connectivity index is 1.37. The minimum Gasteiger partial charge on any atom is -0.339 e. The molecule has 4 rings (SSSR count). The number of piperidine rings is 1. The SMILES string of the molecule is C[C@@H]1C[C@H](C)CN(CC(=O)N2CCN(S(=O)(=O)c3ccc4ccccc4c3)CC2)C1. The summed E-state index contributed by atoms with van der Waals surface area (Å²) in [5.41, 5.74) is 0. The first-order valence-electron chi connectivity index (χ1n) is 10.8. The van der Waals surface area contributed by atoms with Gasteiger partial charge in [0.25, 0.3) is 0 Å². The number of piperazine rings is 1. The molecule has 0 unspecified atom stereocenters. The van der Waals surface area contributed by atoms with E-state index in [-0.39, 0.29) is 5.91 Å². The normalized spacial score (nSPS) is 24.3. The highest BCUT2D eigenvalue weighted by Gasteiger charge is 2.31. The van der Waals surface area contributed by atoms with Gasteiger partial charge < -0.3 is 4.90 Å². The van der Waals surface area contributed by atoms with Gasteiger partial charge in [-0.15, -0.1) is 0 Å². The summed E-state index contributed by atoms with van der Waals surface area (Å²) in [4.78, 5) is 17.2. The van der Waals surface area contributed by atoms with Crippen LogP contribution in [0.1, 0.15) is 20.3 Å². The molecule has 1 amide bonds. The molecule has 0 saturated carbocycles.